The van der Waals surface area contributed by atoms with Gasteiger partial charge in [-0.25, -0.2) is 0 Å². The van der Waals surface area contributed by atoms with Crippen molar-refractivity contribution in [1.29, 1.82) is 0 Å². The fraction of sp³-hybridized carbons (Fsp3) is 0.222. The summed E-state index contributed by atoms with van der Waals surface area (Å²) in [6.07, 6.45) is 0. The summed E-state index contributed by atoms with van der Waals surface area (Å²) in [4.78, 5) is 15.0. The number of hydrogen-bond donors (Lipinski definition) is 1. The van der Waals surface area contributed by atoms with Crippen molar-refractivity contribution < 1.29 is 4.79 Å². The predicted molar refractivity (Wildman–Crippen MR) is 101 cm³/mol. The van der Waals surface area contributed by atoms with Crippen LogP contribution in [0.4, 0.5) is 11.4 Å². The first-order valence-electron chi connectivity index (χ1n) is 7.52. The summed E-state index contributed by atoms with van der Waals surface area (Å²) >= 11 is 7.03. The minimum atomic E-state index is 0.00463. The van der Waals surface area contributed by atoms with E-state index in [4.69, 9.17) is 12.2 Å². The molecule has 5 heteroatoms. The van der Waals surface area contributed by atoms with Crippen LogP contribution in [0.3, 0.4) is 0 Å². The van der Waals surface area contributed by atoms with Crippen molar-refractivity contribution in [2.75, 3.05) is 16.0 Å². The molecule has 0 aromatic heterocycles. The Bertz CT molecular complexity index is 741. The molecule has 23 heavy (non-hydrogen) atoms. The standard InChI is InChI=1S/C18H18N2OS2/c1-12(2)13-7-9-14(10-8-13)19-18(22)20-15-5-3-4-6-16(15)23-11-17(20)21/h3-10,12H,11H2,1-2H3,(H,19,22). The molecule has 3 nitrogen and oxygen atoms in total. The van der Waals surface area contributed by atoms with Crippen LogP contribution in [0.15, 0.2) is 53.4 Å². The average Bonchev–Trinajstić information content (AvgIpc) is 2.55. The Labute approximate surface area is 146 Å². The van der Waals surface area contributed by atoms with E-state index in [1.807, 2.05) is 36.4 Å². The van der Waals surface area contributed by atoms with E-state index in [-0.39, 0.29) is 5.91 Å². The fourth-order valence-electron chi connectivity index (χ4n) is 2.46. The number of thiocarbonyl (C=S) groups is 1. The molecule has 0 spiro atoms. The third-order valence-electron chi connectivity index (χ3n) is 3.74. The number of anilines is 2. The molecule has 0 bridgehead atoms. The summed E-state index contributed by atoms with van der Waals surface area (Å²) in [5.74, 6) is 0.902. The van der Waals surface area contributed by atoms with Gasteiger partial charge in [0.1, 0.15) is 0 Å². The van der Waals surface area contributed by atoms with Crippen LogP contribution >= 0.6 is 24.0 Å². The number of rotatable bonds is 2. The molecule has 1 aliphatic heterocycles. The van der Waals surface area contributed by atoms with Gasteiger partial charge in [0.25, 0.3) is 0 Å². The van der Waals surface area contributed by atoms with Crippen molar-refractivity contribution in [3.05, 3.63) is 54.1 Å². The molecule has 0 saturated heterocycles. The molecule has 0 radical (unpaired) electrons. The molecule has 1 heterocycles. The average molecular weight is 342 g/mol. The zero-order valence-corrected chi connectivity index (χ0v) is 14.7. The number of benzene rings is 2. The first-order valence-corrected chi connectivity index (χ1v) is 8.91. The van der Waals surface area contributed by atoms with Gasteiger partial charge in [-0.05, 0) is 48.0 Å². The van der Waals surface area contributed by atoms with Gasteiger partial charge in [0.2, 0.25) is 5.91 Å². The molecule has 1 amide bonds. The van der Waals surface area contributed by atoms with Crippen LogP contribution in [0.25, 0.3) is 0 Å². The van der Waals surface area contributed by atoms with E-state index < -0.39 is 0 Å². The highest BCUT2D eigenvalue weighted by Crippen LogP contribution is 2.35. The maximum atomic E-state index is 12.3. The van der Waals surface area contributed by atoms with Crippen LogP contribution in [0.2, 0.25) is 0 Å². The summed E-state index contributed by atoms with van der Waals surface area (Å²) in [6, 6.07) is 16.0. The van der Waals surface area contributed by atoms with Gasteiger partial charge in [0.05, 0.1) is 11.4 Å². The van der Waals surface area contributed by atoms with Gasteiger partial charge >= 0.3 is 0 Å². The maximum Gasteiger partial charge on any atom is 0.243 e. The molecule has 2 aromatic rings. The zero-order valence-electron chi connectivity index (χ0n) is 13.1. The second-order valence-electron chi connectivity index (χ2n) is 5.69. The van der Waals surface area contributed by atoms with Crippen LogP contribution in [-0.2, 0) is 4.79 Å². The first-order chi connectivity index (χ1) is 11.1. The highest BCUT2D eigenvalue weighted by molar-refractivity contribution is 8.00. The van der Waals surface area contributed by atoms with Crippen molar-refractivity contribution in [1.82, 2.24) is 0 Å². The number of hydrogen-bond acceptors (Lipinski definition) is 3. The minimum absolute atomic E-state index is 0.00463. The first kappa shape index (κ1) is 16.0. The lowest BCUT2D eigenvalue weighted by Gasteiger charge is -2.29. The third kappa shape index (κ3) is 3.41. The van der Waals surface area contributed by atoms with Gasteiger partial charge in [-0.2, -0.15) is 0 Å². The number of nitrogens with zero attached hydrogens (tertiary/aromatic N) is 1. The molecule has 3 rings (SSSR count). The van der Waals surface area contributed by atoms with E-state index >= 15 is 0 Å². The Balaban J connectivity index is 1.81. The van der Waals surface area contributed by atoms with E-state index in [1.54, 1.807) is 16.7 Å². The third-order valence-corrected chi connectivity index (χ3v) is 5.07. The molecule has 0 atom stereocenters. The number of nitrogens with one attached hydrogen (secondary N) is 1. The van der Waals surface area contributed by atoms with Gasteiger partial charge in [-0.1, -0.05) is 38.1 Å². The Kier molecular flexibility index (Phi) is 4.68. The van der Waals surface area contributed by atoms with Crippen LogP contribution in [0.1, 0.15) is 25.3 Å². The molecular weight excluding hydrogens is 324 g/mol. The lowest BCUT2D eigenvalue weighted by molar-refractivity contribution is -0.115. The summed E-state index contributed by atoms with van der Waals surface area (Å²) in [6.45, 7) is 4.32. The quantitative estimate of drug-likeness (QED) is 0.806. The van der Waals surface area contributed by atoms with Crippen molar-refractivity contribution in [3.63, 3.8) is 0 Å². The summed E-state index contributed by atoms with van der Waals surface area (Å²) < 4.78 is 0. The van der Waals surface area contributed by atoms with Crippen LogP contribution in [0, 0.1) is 0 Å². The number of thioether (sulfide) groups is 1. The van der Waals surface area contributed by atoms with Gasteiger partial charge in [0.15, 0.2) is 5.11 Å². The van der Waals surface area contributed by atoms with Crippen molar-refractivity contribution >= 4 is 46.4 Å². The van der Waals surface area contributed by atoms with Gasteiger partial charge in [-0.3, -0.25) is 9.69 Å². The van der Waals surface area contributed by atoms with E-state index in [0.717, 1.165) is 16.3 Å². The second-order valence-corrected chi connectivity index (χ2v) is 7.10. The molecule has 118 valence electrons. The topological polar surface area (TPSA) is 32.3 Å². The highest BCUT2D eigenvalue weighted by Gasteiger charge is 2.27. The van der Waals surface area contributed by atoms with Crippen molar-refractivity contribution in [2.45, 2.75) is 24.7 Å². The monoisotopic (exact) mass is 342 g/mol. The van der Waals surface area contributed by atoms with E-state index in [1.165, 1.54) is 5.56 Å². The molecule has 2 aromatic carbocycles. The van der Waals surface area contributed by atoms with Crippen LogP contribution in [-0.4, -0.2) is 16.8 Å². The van der Waals surface area contributed by atoms with Crippen molar-refractivity contribution in [3.8, 4) is 0 Å². The maximum absolute atomic E-state index is 12.3. The Morgan fingerprint density at radius 2 is 1.87 bits per heavy atom. The predicted octanol–water partition coefficient (Wildman–Crippen LogP) is 4.65. The number of carbonyl (C=O) groups excluding carboxylic acids is 1. The number of fused-ring (bicyclic) bond motifs is 1. The second kappa shape index (κ2) is 6.72. The van der Waals surface area contributed by atoms with Crippen LogP contribution < -0.4 is 10.2 Å². The Morgan fingerprint density at radius 3 is 2.57 bits per heavy atom. The van der Waals surface area contributed by atoms with Gasteiger partial charge in [0, 0.05) is 10.6 Å². The normalized spacial score (nSPS) is 13.9. The number of carbonyl (C=O) groups is 1. The summed E-state index contributed by atoms with van der Waals surface area (Å²) in [5.41, 5.74) is 3.02. The van der Waals surface area contributed by atoms with Gasteiger partial charge in [-0.15, -0.1) is 11.8 Å². The Morgan fingerprint density at radius 1 is 1.17 bits per heavy atom. The molecule has 0 unspecified atom stereocenters. The van der Waals surface area contributed by atoms with E-state index in [9.17, 15) is 4.79 Å². The molecule has 1 N–H and O–H groups in total. The zero-order chi connectivity index (χ0) is 16.4. The molecule has 0 saturated carbocycles. The molecule has 0 aliphatic carbocycles. The highest BCUT2D eigenvalue weighted by atomic mass is 32.2. The Hall–Kier alpha value is -1.85. The van der Waals surface area contributed by atoms with E-state index in [2.05, 4.69) is 31.3 Å². The van der Waals surface area contributed by atoms with Gasteiger partial charge < -0.3 is 5.32 Å². The summed E-state index contributed by atoms with van der Waals surface area (Å²) in [5, 5.41) is 3.59. The SMILES string of the molecule is CC(C)c1ccc(NC(=S)N2C(=O)CSc3ccccc32)cc1. The lowest BCUT2D eigenvalue weighted by Crippen LogP contribution is -2.43. The molecule has 0 fully saturated rings. The smallest absolute Gasteiger partial charge is 0.243 e. The molecular formula is C18H18N2OS2. The largest absolute Gasteiger partial charge is 0.332 e. The number of amides is 1. The van der Waals surface area contributed by atoms with Crippen LogP contribution in [0.5, 0.6) is 0 Å². The van der Waals surface area contributed by atoms with Crippen molar-refractivity contribution in [2.24, 2.45) is 0 Å². The van der Waals surface area contributed by atoms with E-state index in [0.29, 0.717) is 16.8 Å². The lowest BCUT2D eigenvalue weighted by atomic mass is 10.0. The molecule has 1 aliphatic rings. The minimum Gasteiger partial charge on any atom is -0.332 e. The number of para-hydroxylation sites is 1. The summed E-state index contributed by atoms with van der Waals surface area (Å²) in [7, 11) is 0. The fourth-order valence-corrected chi connectivity index (χ4v) is 3.66.